The lowest BCUT2D eigenvalue weighted by Crippen LogP contribution is -2.21. The van der Waals surface area contributed by atoms with E-state index in [0.717, 1.165) is 5.41 Å². The van der Waals surface area contributed by atoms with E-state index in [0.29, 0.717) is 5.82 Å². The van der Waals surface area contributed by atoms with Crippen molar-refractivity contribution in [3.05, 3.63) is 29.3 Å². The van der Waals surface area contributed by atoms with Crippen LogP contribution in [-0.2, 0) is 9.84 Å². The standard InChI is InChI=1S/C9H9N3O4S/c13-9(14)7-1-2-8(12-11-7)10-6-3-4-17(15,16)5-6/h1-4,6H,5H2,(H,10,12)(H,13,14). The van der Waals surface area contributed by atoms with E-state index in [-0.39, 0.29) is 17.5 Å². The van der Waals surface area contributed by atoms with E-state index in [2.05, 4.69) is 15.5 Å². The third-order valence-corrected chi connectivity index (χ3v) is 3.54. The maximum absolute atomic E-state index is 11.1. The largest absolute Gasteiger partial charge is 0.476 e. The third-order valence-electron chi connectivity index (χ3n) is 2.15. The number of carboxylic acid groups (broad SMARTS) is 1. The van der Waals surface area contributed by atoms with E-state index in [1.165, 1.54) is 18.2 Å². The van der Waals surface area contributed by atoms with Crippen LogP contribution in [0.4, 0.5) is 5.82 Å². The average Bonchev–Trinajstić information content (AvgIpc) is 2.59. The minimum absolute atomic E-state index is 0.0324. The molecule has 1 atom stereocenters. The second-order valence-corrected chi connectivity index (χ2v) is 5.45. The predicted molar refractivity (Wildman–Crippen MR) is 59.3 cm³/mol. The number of aromatic nitrogens is 2. The van der Waals surface area contributed by atoms with Crippen molar-refractivity contribution in [3.8, 4) is 0 Å². The van der Waals surface area contributed by atoms with Crippen LogP contribution >= 0.6 is 0 Å². The first kappa shape index (κ1) is 11.5. The van der Waals surface area contributed by atoms with E-state index < -0.39 is 15.8 Å². The van der Waals surface area contributed by atoms with Gasteiger partial charge in [-0.2, -0.15) is 0 Å². The van der Waals surface area contributed by atoms with Crippen LogP contribution in [0.25, 0.3) is 0 Å². The Balaban J connectivity index is 2.06. The molecule has 8 heteroatoms. The van der Waals surface area contributed by atoms with Crippen LogP contribution < -0.4 is 5.32 Å². The molecule has 0 radical (unpaired) electrons. The zero-order valence-electron chi connectivity index (χ0n) is 8.57. The zero-order chi connectivity index (χ0) is 12.5. The van der Waals surface area contributed by atoms with Gasteiger partial charge in [0.15, 0.2) is 15.5 Å². The van der Waals surface area contributed by atoms with Crippen molar-refractivity contribution in [3.63, 3.8) is 0 Å². The summed E-state index contributed by atoms with van der Waals surface area (Å²) >= 11 is 0. The van der Waals surface area contributed by atoms with Gasteiger partial charge in [-0.05, 0) is 18.2 Å². The van der Waals surface area contributed by atoms with Gasteiger partial charge in [-0.1, -0.05) is 0 Å². The molecule has 1 aliphatic rings. The van der Waals surface area contributed by atoms with Gasteiger partial charge in [0.25, 0.3) is 0 Å². The van der Waals surface area contributed by atoms with Crippen molar-refractivity contribution in [2.75, 3.05) is 11.1 Å². The minimum Gasteiger partial charge on any atom is -0.476 e. The Hall–Kier alpha value is -1.96. The van der Waals surface area contributed by atoms with Crippen LogP contribution in [0.2, 0.25) is 0 Å². The lowest BCUT2D eigenvalue weighted by molar-refractivity contribution is 0.0689. The first-order valence-corrected chi connectivity index (χ1v) is 6.42. The summed E-state index contributed by atoms with van der Waals surface area (Å²) in [5.74, 6) is -0.857. The lowest BCUT2D eigenvalue weighted by Gasteiger charge is -2.09. The smallest absolute Gasteiger partial charge is 0.356 e. The summed E-state index contributed by atoms with van der Waals surface area (Å²) in [5, 5.41) is 19.7. The van der Waals surface area contributed by atoms with Crippen molar-refractivity contribution in [1.82, 2.24) is 10.2 Å². The topological polar surface area (TPSA) is 109 Å². The van der Waals surface area contributed by atoms with Gasteiger partial charge in [0, 0.05) is 5.41 Å². The molecule has 1 aliphatic heterocycles. The number of anilines is 1. The van der Waals surface area contributed by atoms with Crippen LogP contribution in [0.15, 0.2) is 23.6 Å². The summed E-state index contributed by atoms with van der Waals surface area (Å²) in [4.78, 5) is 10.5. The Labute approximate surface area is 97.1 Å². The predicted octanol–water partition coefficient (Wildman–Crippen LogP) is -0.103. The molecular formula is C9H9N3O4S. The van der Waals surface area contributed by atoms with E-state index in [1.807, 2.05) is 0 Å². The molecule has 90 valence electrons. The second-order valence-electron chi connectivity index (χ2n) is 3.52. The molecule has 0 aliphatic carbocycles. The van der Waals surface area contributed by atoms with Gasteiger partial charge >= 0.3 is 5.97 Å². The molecule has 0 bridgehead atoms. The quantitative estimate of drug-likeness (QED) is 0.775. The summed E-state index contributed by atoms with van der Waals surface area (Å²) in [6.45, 7) is 0. The molecule has 7 nitrogen and oxygen atoms in total. The van der Waals surface area contributed by atoms with Gasteiger partial charge < -0.3 is 10.4 Å². The average molecular weight is 255 g/mol. The number of hydrogen-bond donors (Lipinski definition) is 2. The molecule has 0 spiro atoms. The molecule has 17 heavy (non-hydrogen) atoms. The van der Waals surface area contributed by atoms with Crippen molar-refractivity contribution < 1.29 is 18.3 Å². The maximum Gasteiger partial charge on any atom is 0.356 e. The monoisotopic (exact) mass is 255 g/mol. The molecule has 2 heterocycles. The maximum atomic E-state index is 11.1. The first-order chi connectivity index (χ1) is 7.96. The molecule has 0 saturated heterocycles. The summed E-state index contributed by atoms with van der Waals surface area (Å²) in [6, 6.07) is 2.38. The van der Waals surface area contributed by atoms with Gasteiger partial charge in [0.1, 0.15) is 5.82 Å². The third kappa shape index (κ3) is 2.78. The number of carboxylic acids is 1. The van der Waals surface area contributed by atoms with E-state index >= 15 is 0 Å². The van der Waals surface area contributed by atoms with Crippen LogP contribution in [-0.4, -0.2) is 41.5 Å². The fraction of sp³-hybridized carbons (Fsp3) is 0.222. The fourth-order valence-electron chi connectivity index (χ4n) is 1.38. The molecule has 1 aromatic heterocycles. The molecule has 0 aromatic carbocycles. The van der Waals surface area contributed by atoms with E-state index in [1.54, 1.807) is 0 Å². The summed E-state index contributed by atoms with van der Waals surface area (Å²) < 4.78 is 22.3. The van der Waals surface area contributed by atoms with Crippen LogP contribution in [0.3, 0.4) is 0 Å². The molecule has 0 saturated carbocycles. The normalized spacial score (nSPS) is 21.3. The molecule has 0 fully saturated rings. The van der Waals surface area contributed by atoms with Gasteiger partial charge in [-0.3, -0.25) is 0 Å². The van der Waals surface area contributed by atoms with Crippen molar-refractivity contribution in [2.45, 2.75) is 6.04 Å². The number of carbonyl (C=O) groups is 1. The fourth-order valence-corrected chi connectivity index (χ4v) is 2.61. The highest BCUT2D eigenvalue weighted by atomic mass is 32.2. The van der Waals surface area contributed by atoms with Crippen LogP contribution in [0.1, 0.15) is 10.5 Å². The Morgan fingerprint density at radius 1 is 1.41 bits per heavy atom. The van der Waals surface area contributed by atoms with E-state index in [9.17, 15) is 13.2 Å². The van der Waals surface area contributed by atoms with Crippen molar-refractivity contribution in [2.24, 2.45) is 0 Å². The number of nitrogens with zero attached hydrogens (tertiary/aromatic N) is 2. The molecule has 0 amide bonds. The van der Waals surface area contributed by atoms with Gasteiger partial charge in [-0.15, -0.1) is 10.2 Å². The molecule has 1 aromatic rings. The SMILES string of the molecule is O=C(O)c1ccc(NC2C=CS(=O)(=O)C2)nn1. The van der Waals surface area contributed by atoms with Crippen molar-refractivity contribution in [1.29, 1.82) is 0 Å². The van der Waals surface area contributed by atoms with Gasteiger partial charge in [-0.25, -0.2) is 13.2 Å². The Morgan fingerprint density at radius 2 is 2.18 bits per heavy atom. The minimum atomic E-state index is -3.12. The highest BCUT2D eigenvalue weighted by Gasteiger charge is 2.21. The Kier molecular flexibility index (Phi) is 2.80. The highest BCUT2D eigenvalue weighted by molar-refractivity contribution is 7.94. The number of sulfone groups is 1. The summed E-state index contributed by atoms with van der Waals surface area (Å²) in [7, 11) is -3.12. The molecule has 1 unspecified atom stereocenters. The highest BCUT2D eigenvalue weighted by Crippen LogP contribution is 2.12. The summed E-state index contributed by atoms with van der Waals surface area (Å²) in [5.41, 5.74) is -0.162. The lowest BCUT2D eigenvalue weighted by atomic mass is 10.3. The van der Waals surface area contributed by atoms with Gasteiger partial charge in [0.2, 0.25) is 0 Å². The molecule has 2 N–H and O–H groups in total. The Bertz CT molecular complexity index is 564. The first-order valence-electron chi connectivity index (χ1n) is 4.71. The molecular weight excluding hydrogens is 246 g/mol. The molecule has 2 rings (SSSR count). The van der Waals surface area contributed by atoms with Gasteiger partial charge in [0.05, 0.1) is 11.8 Å². The number of aromatic carboxylic acids is 1. The summed E-state index contributed by atoms with van der Waals surface area (Å²) in [6.07, 6.45) is 1.52. The number of rotatable bonds is 3. The number of hydrogen-bond acceptors (Lipinski definition) is 6. The number of nitrogens with one attached hydrogen (secondary N) is 1. The van der Waals surface area contributed by atoms with Crippen LogP contribution in [0.5, 0.6) is 0 Å². The van der Waals surface area contributed by atoms with E-state index in [4.69, 9.17) is 5.11 Å². The van der Waals surface area contributed by atoms with Crippen LogP contribution in [0, 0.1) is 0 Å². The van der Waals surface area contributed by atoms with Crippen molar-refractivity contribution >= 4 is 21.6 Å². The second kappa shape index (κ2) is 4.13. The zero-order valence-corrected chi connectivity index (χ0v) is 9.38. The Morgan fingerprint density at radius 3 is 2.65 bits per heavy atom.